The summed E-state index contributed by atoms with van der Waals surface area (Å²) in [6.45, 7) is 2.88. The summed E-state index contributed by atoms with van der Waals surface area (Å²) >= 11 is 0. The summed E-state index contributed by atoms with van der Waals surface area (Å²) in [5.74, 6) is 1.47. The summed E-state index contributed by atoms with van der Waals surface area (Å²) < 4.78 is 0. The standard InChI is InChI=1S/C13H27NO/c1-2-3-4-11-5-7-12(8-6-11)13(15)9-10-14/h11-13,15H,2-10,14H2,1H3. The van der Waals surface area contributed by atoms with E-state index in [1.165, 1.54) is 44.9 Å². The number of unbranched alkanes of at least 4 members (excludes halogenated alkanes) is 1. The molecule has 0 amide bonds. The van der Waals surface area contributed by atoms with Crippen LogP contribution in [-0.2, 0) is 0 Å². The quantitative estimate of drug-likeness (QED) is 0.712. The van der Waals surface area contributed by atoms with Gasteiger partial charge in [-0.05, 0) is 37.6 Å². The van der Waals surface area contributed by atoms with E-state index in [1.54, 1.807) is 0 Å². The summed E-state index contributed by atoms with van der Waals surface area (Å²) in [5, 5.41) is 9.86. The molecule has 0 aromatic heterocycles. The Morgan fingerprint density at radius 1 is 1.27 bits per heavy atom. The lowest BCUT2D eigenvalue weighted by Crippen LogP contribution is -2.27. The van der Waals surface area contributed by atoms with E-state index in [9.17, 15) is 5.11 Å². The van der Waals surface area contributed by atoms with Crippen molar-refractivity contribution in [2.75, 3.05) is 6.54 Å². The van der Waals surface area contributed by atoms with Gasteiger partial charge in [0.15, 0.2) is 0 Å². The fourth-order valence-corrected chi connectivity index (χ4v) is 2.76. The highest BCUT2D eigenvalue weighted by molar-refractivity contribution is 4.77. The van der Waals surface area contributed by atoms with Gasteiger partial charge in [-0.15, -0.1) is 0 Å². The van der Waals surface area contributed by atoms with Crippen LogP contribution < -0.4 is 5.73 Å². The van der Waals surface area contributed by atoms with Crippen molar-refractivity contribution in [1.82, 2.24) is 0 Å². The molecular formula is C13H27NO. The molecule has 1 fully saturated rings. The van der Waals surface area contributed by atoms with Gasteiger partial charge in [0.05, 0.1) is 6.10 Å². The first-order valence-corrected chi connectivity index (χ1v) is 6.66. The van der Waals surface area contributed by atoms with Gasteiger partial charge < -0.3 is 10.8 Å². The Hall–Kier alpha value is -0.0800. The van der Waals surface area contributed by atoms with Crippen molar-refractivity contribution in [2.24, 2.45) is 17.6 Å². The molecule has 1 unspecified atom stereocenters. The van der Waals surface area contributed by atoms with E-state index >= 15 is 0 Å². The molecule has 1 aliphatic carbocycles. The number of nitrogens with two attached hydrogens (primary N) is 1. The lowest BCUT2D eigenvalue weighted by Gasteiger charge is -2.31. The second kappa shape index (κ2) is 7.24. The molecule has 0 aromatic carbocycles. The molecule has 90 valence electrons. The summed E-state index contributed by atoms with van der Waals surface area (Å²) in [5.41, 5.74) is 5.47. The molecule has 0 radical (unpaired) electrons. The predicted molar refractivity (Wildman–Crippen MR) is 64.7 cm³/mol. The van der Waals surface area contributed by atoms with Crippen molar-refractivity contribution in [3.8, 4) is 0 Å². The molecule has 0 bridgehead atoms. The molecule has 1 atom stereocenters. The average molecular weight is 213 g/mol. The largest absolute Gasteiger partial charge is 0.393 e. The zero-order chi connectivity index (χ0) is 11.1. The minimum Gasteiger partial charge on any atom is -0.393 e. The van der Waals surface area contributed by atoms with Crippen molar-refractivity contribution in [2.45, 2.75) is 64.4 Å². The third-order valence-corrected chi connectivity index (χ3v) is 3.86. The van der Waals surface area contributed by atoms with E-state index in [0.29, 0.717) is 12.5 Å². The second-order valence-electron chi connectivity index (χ2n) is 5.07. The van der Waals surface area contributed by atoms with Crippen molar-refractivity contribution < 1.29 is 5.11 Å². The van der Waals surface area contributed by atoms with Gasteiger partial charge in [-0.25, -0.2) is 0 Å². The monoisotopic (exact) mass is 213 g/mol. The number of rotatable bonds is 6. The smallest absolute Gasteiger partial charge is 0.0580 e. The van der Waals surface area contributed by atoms with E-state index in [1.807, 2.05) is 0 Å². The molecule has 1 rings (SSSR count). The summed E-state index contributed by atoms with van der Waals surface area (Å²) in [7, 11) is 0. The second-order valence-corrected chi connectivity index (χ2v) is 5.07. The Kier molecular flexibility index (Phi) is 6.26. The Bertz CT molecular complexity index is 153. The first-order chi connectivity index (χ1) is 7.27. The number of aliphatic hydroxyl groups excluding tert-OH is 1. The highest BCUT2D eigenvalue weighted by atomic mass is 16.3. The van der Waals surface area contributed by atoms with Gasteiger partial charge in [0.25, 0.3) is 0 Å². The SMILES string of the molecule is CCCCC1CCC(C(O)CCN)CC1. The van der Waals surface area contributed by atoms with Crippen LogP contribution in [0.1, 0.15) is 58.3 Å². The van der Waals surface area contributed by atoms with Gasteiger partial charge in [0, 0.05) is 0 Å². The van der Waals surface area contributed by atoms with Crippen molar-refractivity contribution in [1.29, 1.82) is 0 Å². The van der Waals surface area contributed by atoms with Gasteiger partial charge in [0.1, 0.15) is 0 Å². The van der Waals surface area contributed by atoms with Crippen LogP contribution in [0.2, 0.25) is 0 Å². The Balaban J connectivity index is 2.17. The number of hydrogen-bond acceptors (Lipinski definition) is 2. The van der Waals surface area contributed by atoms with E-state index < -0.39 is 0 Å². The maximum absolute atomic E-state index is 9.86. The van der Waals surface area contributed by atoms with Crippen molar-refractivity contribution in [3.63, 3.8) is 0 Å². The summed E-state index contributed by atoms with van der Waals surface area (Å²) in [6.07, 6.45) is 9.82. The molecule has 2 nitrogen and oxygen atoms in total. The maximum Gasteiger partial charge on any atom is 0.0580 e. The molecule has 3 N–H and O–H groups in total. The van der Waals surface area contributed by atoms with Crippen LogP contribution in [0.5, 0.6) is 0 Å². The first kappa shape index (κ1) is 13.0. The zero-order valence-electron chi connectivity index (χ0n) is 10.1. The Morgan fingerprint density at radius 3 is 2.47 bits per heavy atom. The number of hydrogen-bond donors (Lipinski definition) is 2. The first-order valence-electron chi connectivity index (χ1n) is 6.66. The van der Waals surface area contributed by atoms with Crippen LogP contribution in [0.15, 0.2) is 0 Å². The topological polar surface area (TPSA) is 46.2 Å². The molecule has 0 spiro atoms. The highest BCUT2D eigenvalue weighted by Gasteiger charge is 2.25. The van der Waals surface area contributed by atoms with E-state index in [0.717, 1.165) is 12.3 Å². The third kappa shape index (κ3) is 4.52. The van der Waals surface area contributed by atoms with E-state index in [-0.39, 0.29) is 6.10 Å². The molecule has 0 aliphatic heterocycles. The van der Waals surface area contributed by atoms with Crippen molar-refractivity contribution >= 4 is 0 Å². The van der Waals surface area contributed by atoms with Crippen LogP contribution in [0, 0.1) is 11.8 Å². The third-order valence-electron chi connectivity index (χ3n) is 3.86. The molecule has 0 heterocycles. The van der Waals surface area contributed by atoms with Crippen LogP contribution in [-0.4, -0.2) is 17.8 Å². The molecule has 2 heteroatoms. The fourth-order valence-electron chi connectivity index (χ4n) is 2.76. The van der Waals surface area contributed by atoms with E-state index in [2.05, 4.69) is 6.92 Å². The van der Waals surface area contributed by atoms with Gasteiger partial charge in [-0.3, -0.25) is 0 Å². The Morgan fingerprint density at radius 2 is 1.93 bits per heavy atom. The van der Waals surface area contributed by atoms with E-state index in [4.69, 9.17) is 5.73 Å². The minimum absolute atomic E-state index is 0.137. The van der Waals surface area contributed by atoms with Gasteiger partial charge in [0.2, 0.25) is 0 Å². The maximum atomic E-state index is 9.86. The number of aliphatic hydroxyl groups is 1. The normalized spacial score (nSPS) is 29.0. The van der Waals surface area contributed by atoms with Gasteiger partial charge >= 0.3 is 0 Å². The van der Waals surface area contributed by atoms with Crippen LogP contribution >= 0.6 is 0 Å². The van der Waals surface area contributed by atoms with Crippen LogP contribution in [0.25, 0.3) is 0 Å². The molecule has 1 saturated carbocycles. The summed E-state index contributed by atoms with van der Waals surface area (Å²) in [6, 6.07) is 0. The van der Waals surface area contributed by atoms with Crippen LogP contribution in [0.4, 0.5) is 0 Å². The molecule has 1 aliphatic rings. The molecule has 0 aromatic rings. The highest BCUT2D eigenvalue weighted by Crippen LogP contribution is 2.34. The predicted octanol–water partition coefficient (Wildman–Crippen LogP) is 2.69. The average Bonchev–Trinajstić information content (AvgIpc) is 2.27. The van der Waals surface area contributed by atoms with Gasteiger partial charge in [-0.2, -0.15) is 0 Å². The molecule has 0 saturated heterocycles. The molecular weight excluding hydrogens is 186 g/mol. The zero-order valence-corrected chi connectivity index (χ0v) is 10.1. The molecule has 15 heavy (non-hydrogen) atoms. The Labute approximate surface area is 94.2 Å². The van der Waals surface area contributed by atoms with Crippen LogP contribution in [0.3, 0.4) is 0 Å². The lowest BCUT2D eigenvalue weighted by atomic mass is 9.77. The van der Waals surface area contributed by atoms with Gasteiger partial charge in [-0.1, -0.05) is 39.0 Å². The van der Waals surface area contributed by atoms with Crippen molar-refractivity contribution in [3.05, 3.63) is 0 Å². The summed E-state index contributed by atoms with van der Waals surface area (Å²) in [4.78, 5) is 0. The lowest BCUT2D eigenvalue weighted by molar-refractivity contribution is 0.0675. The minimum atomic E-state index is -0.137. The fraction of sp³-hybridized carbons (Fsp3) is 1.00.